The Morgan fingerprint density at radius 1 is 1.10 bits per heavy atom. The molecule has 0 aliphatic rings. The summed E-state index contributed by atoms with van der Waals surface area (Å²) in [5.74, 6) is 1.41. The van der Waals surface area contributed by atoms with E-state index in [2.05, 4.69) is 51.7 Å². The second-order valence-electron chi connectivity index (χ2n) is 7.41. The zero-order chi connectivity index (χ0) is 21.8. The fourth-order valence-electron chi connectivity index (χ4n) is 3.71. The molecule has 0 atom stereocenters. The van der Waals surface area contributed by atoms with Gasteiger partial charge >= 0.3 is 6.16 Å². The van der Waals surface area contributed by atoms with Gasteiger partial charge < -0.3 is 14.4 Å². The molecule has 6 heteroatoms. The summed E-state index contributed by atoms with van der Waals surface area (Å²) in [5.41, 5.74) is 4.95. The van der Waals surface area contributed by atoms with Crippen molar-refractivity contribution in [3.05, 3.63) is 82.6 Å². The highest BCUT2D eigenvalue weighted by Gasteiger charge is 2.13. The van der Waals surface area contributed by atoms with E-state index in [0.29, 0.717) is 5.75 Å². The lowest BCUT2D eigenvalue weighted by Gasteiger charge is -2.12. The van der Waals surface area contributed by atoms with Gasteiger partial charge in [0.1, 0.15) is 11.6 Å². The Morgan fingerprint density at radius 3 is 2.61 bits per heavy atom. The number of rotatable bonds is 7. The summed E-state index contributed by atoms with van der Waals surface area (Å²) in [7, 11) is 0. The molecule has 0 aliphatic carbocycles. The molecule has 3 aromatic carbocycles. The highest BCUT2D eigenvalue weighted by atomic mass is 79.9. The number of para-hydroxylation sites is 2. The highest BCUT2D eigenvalue weighted by Crippen LogP contribution is 2.33. The predicted molar refractivity (Wildman–Crippen MR) is 126 cm³/mol. The van der Waals surface area contributed by atoms with Gasteiger partial charge in [0.15, 0.2) is 0 Å². The standard InChI is InChI=1S/C25H23BrN2O3/c1-2-3-8-24-27-21-6-4-5-7-22(21)28(24)16-17-9-11-18(12-10-17)20-14-13-19(26)15-23(20)31-25(29)30/h4-7,9-15H,2-3,8,16H2,1H3,(H,29,30). The molecule has 5 nitrogen and oxygen atoms in total. The van der Waals surface area contributed by atoms with Gasteiger partial charge in [-0.25, -0.2) is 9.78 Å². The lowest BCUT2D eigenvalue weighted by molar-refractivity contribution is 0.144. The number of fused-ring (bicyclic) bond motifs is 1. The molecule has 0 spiro atoms. The van der Waals surface area contributed by atoms with Crippen LogP contribution >= 0.6 is 15.9 Å². The average molecular weight is 479 g/mol. The van der Waals surface area contributed by atoms with Crippen molar-refractivity contribution in [2.24, 2.45) is 0 Å². The Kier molecular flexibility index (Phi) is 6.37. The van der Waals surface area contributed by atoms with Crippen LogP contribution in [0.15, 0.2) is 71.2 Å². The van der Waals surface area contributed by atoms with Gasteiger partial charge in [-0.1, -0.05) is 65.7 Å². The molecule has 0 amide bonds. The Bertz CT molecular complexity index is 1220. The van der Waals surface area contributed by atoms with Crippen LogP contribution in [0.2, 0.25) is 0 Å². The molecule has 1 heterocycles. The van der Waals surface area contributed by atoms with Crippen LogP contribution in [0, 0.1) is 0 Å². The van der Waals surface area contributed by atoms with Crippen LogP contribution in [0.3, 0.4) is 0 Å². The second-order valence-corrected chi connectivity index (χ2v) is 8.33. The molecule has 0 bridgehead atoms. The van der Waals surface area contributed by atoms with Crippen LogP contribution in [-0.2, 0) is 13.0 Å². The van der Waals surface area contributed by atoms with Crippen molar-refractivity contribution in [3.63, 3.8) is 0 Å². The van der Waals surface area contributed by atoms with Crippen molar-refractivity contribution in [3.8, 4) is 16.9 Å². The van der Waals surface area contributed by atoms with Crippen molar-refractivity contribution in [1.82, 2.24) is 9.55 Å². The van der Waals surface area contributed by atoms with Gasteiger partial charge in [-0.05, 0) is 47.9 Å². The molecule has 0 radical (unpaired) electrons. The fraction of sp³-hybridized carbons (Fsp3) is 0.200. The molecule has 0 aliphatic heterocycles. The van der Waals surface area contributed by atoms with Gasteiger partial charge in [0.05, 0.1) is 11.0 Å². The van der Waals surface area contributed by atoms with E-state index in [1.807, 2.05) is 36.4 Å². The zero-order valence-electron chi connectivity index (χ0n) is 17.2. The smallest absolute Gasteiger partial charge is 0.449 e. The summed E-state index contributed by atoms with van der Waals surface area (Å²) in [4.78, 5) is 15.9. The second kappa shape index (κ2) is 9.35. The molecule has 1 aromatic heterocycles. The van der Waals surface area contributed by atoms with Crippen LogP contribution in [0.25, 0.3) is 22.2 Å². The molecule has 0 saturated heterocycles. The summed E-state index contributed by atoms with van der Waals surface area (Å²) >= 11 is 3.37. The van der Waals surface area contributed by atoms with Gasteiger partial charge in [0.25, 0.3) is 0 Å². The number of hydrogen-bond donors (Lipinski definition) is 1. The predicted octanol–water partition coefficient (Wildman–Crippen LogP) is 6.91. The Labute approximate surface area is 189 Å². The summed E-state index contributed by atoms with van der Waals surface area (Å²) < 4.78 is 8.02. The van der Waals surface area contributed by atoms with Crippen LogP contribution in [0.5, 0.6) is 5.75 Å². The number of halogens is 1. The minimum atomic E-state index is -1.33. The number of nitrogens with zero attached hydrogens (tertiary/aromatic N) is 2. The molecule has 4 rings (SSSR count). The summed E-state index contributed by atoms with van der Waals surface area (Å²) in [6.45, 7) is 2.93. The number of carboxylic acid groups (broad SMARTS) is 1. The number of benzene rings is 3. The van der Waals surface area contributed by atoms with Crippen LogP contribution in [0.1, 0.15) is 31.2 Å². The Hall–Kier alpha value is -3.12. The number of carbonyl (C=O) groups is 1. The number of hydrogen-bond acceptors (Lipinski definition) is 3. The lowest BCUT2D eigenvalue weighted by Crippen LogP contribution is -2.06. The van der Waals surface area contributed by atoms with Gasteiger partial charge in [0, 0.05) is 23.0 Å². The zero-order valence-corrected chi connectivity index (χ0v) is 18.8. The number of imidazole rings is 1. The molecular weight excluding hydrogens is 456 g/mol. The van der Waals surface area contributed by atoms with E-state index < -0.39 is 6.16 Å². The largest absolute Gasteiger partial charge is 0.511 e. The highest BCUT2D eigenvalue weighted by molar-refractivity contribution is 9.10. The van der Waals surface area contributed by atoms with Crippen LogP contribution in [0.4, 0.5) is 4.79 Å². The molecule has 31 heavy (non-hydrogen) atoms. The van der Waals surface area contributed by atoms with Crippen LogP contribution in [-0.4, -0.2) is 20.8 Å². The molecule has 1 N–H and O–H groups in total. The quantitative estimate of drug-likeness (QED) is 0.231. The third-order valence-electron chi connectivity index (χ3n) is 5.23. The molecule has 158 valence electrons. The first-order chi connectivity index (χ1) is 15.0. The summed E-state index contributed by atoms with van der Waals surface area (Å²) in [6, 6.07) is 21.8. The minimum absolute atomic E-state index is 0.303. The first-order valence-corrected chi connectivity index (χ1v) is 11.1. The number of unbranched alkanes of at least 4 members (excludes halogenated alkanes) is 1. The van der Waals surface area contributed by atoms with Gasteiger partial charge in [-0.15, -0.1) is 0 Å². The normalized spacial score (nSPS) is 11.0. The molecule has 0 saturated carbocycles. The van der Waals surface area contributed by atoms with Gasteiger partial charge in [-0.2, -0.15) is 0 Å². The van der Waals surface area contributed by atoms with Crippen LogP contribution < -0.4 is 4.74 Å². The van der Waals surface area contributed by atoms with E-state index in [1.54, 1.807) is 6.07 Å². The first kappa shape index (κ1) is 21.1. The third kappa shape index (κ3) is 4.80. The van der Waals surface area contributed by atoms with E-state index in [1.165, 1.54) is 0 Å². The lowest BCUT2D eigenvalue weighted by atomic mass is 10.0. The maximum atomic E-state index is 11.1. The topological polar surface area (TPSA) is 64.4 Å². The minimum Gasteiger partial charge on any atom is -0.449 e. The fourth-order valence-corrected chi connectivity index (χ4v) is 4.05. The van der Waals surface area contributed by atoms with E-state index in [-0.39, 0.29) is 0 Å². The Morgan fingerprint density at radius 2 is 1.87 bits per heavy atom. The summed E-state index contributed by atoms with van der Waals surface area (Å²) in [6.07, 6.45) is 1.87. The van der Waals surface area contributed by atoms with Crippen molar-refractivity contribution in [2.45, 2.75) is 32.7 Å². The van der Waals surface area contributed by atoms with E-state index in [4.69, 9.17) is 14.8 Å². The molecular formula is C25H23BrN2O3. The number of aromatic nitrogens is 2. The monoisotopic (exact) mass is 478 g/mol. The third-order valence-corrected chi connectivity index (χ3v) is 5.73. The SMILES string of the molecule is CCCCc1nc2ccccc2n1Cc1ccc(-c2ccc(Br)cc2OC(=O)O)cc1. The van der Waals surface area contributed by atoms with Crippen molar-refractivity contribution < 1.29 is 14.6 Å². The maximum absolute atomic E-state index is 11.1. The average Bonchev–Trinajstić information content (AvgIpc) is 3.10. The molecule has 0 unspecified atom stereocenters. The number of ether oxygens (including phenoxy) is 1. The van der Waals surface area contributed by atoms with E-state index >= 15 is 0 Å². The molecule has 0 fully saturated rings. The van der Waals surface area contributed by atoms with Gasteiger partial charge in [0.2, 0.25) is 0 Å². The van der Waals surface area contributed by atoms with Crippen molar-refractivity contribution >= 4 is 33.1 Å². The van der Waals surface area contributed by atoms with Gasteiger partial charge in [-0.3, -0.25) is 0 Å². The maximum Gasteiger partial charge on any atom is 0.511 e. The Balaban J connectivity index is 1.64. The number of aryl methyl sites for hydroxylation is 1. The first-order valence-electron chi connectivity index (χ1n) is 10.3. The van der Waals surface area contributed by atoms with Crippen molar-refractivity contribution in [2.75, 3.05) is 0 Å². The molecule has 4 aromatic rings. The van der Waals surface area contributed by atoms with E-state index in [0.717, 1.165) is 63.8 Å². The summed E-state index contributed by atoms with van der Waals surface area (Å²) in [5, 5.41) is 9.04. The van der Waals surface area contributed by atoms with E-state index in [9.17, 15) is 4.79 Å². The van der Waals surface area contributed by atoms with Crippen molar-refractivity contribution in [1.29, 1.82) is 0 Å².